The van der Waals surface area contributed by atoms with Gasteiger partial charge in [0.15, 0.2) is 0 Å². The van der Waals surface area contributed by atoms with Crippen molar-refractivity contribution in [3.05, 3.63) is 70.8 Å². The van der Waals surface area contributed by atoms with Crippen LogP contribution in [0.25, 0.3) is 10.8 Å². The second kappa shape index (κ2) is 10.9. The van der Waals surface area contributed by atoms with E-state index in [9.17, 15) is 5.11 Å². The van der Waals surface area contributed by atoms with Crippen LogP contribution in [-0.2, 0) is 6.42 Å². The highest BCUT2D eigenvalue weighted by molar-refractivity contribution is 5.94. The SMILES string of the molecule is CC(C)=CCC/C(C)=C/CC/C(C)=C/CCC1(C)CCc2cc(O)c3ccccc3c2O1. The predicted molar refractivity (Wildman–Crippen MR) is 138 cm³/mol. The normalized spacial score (nSPS) is 18.9. The summed E-state index contributed by atoms with van der Waals surface area (Å²) in [5.41, 5.74) is 5.33. The van der Waals surface area contributed by atoms with Gasteiger partial charge in [0.1, 0.15) is 17.1 Å². The van der Waals surface area contributed by atoms with Crippen molar-refractivity contribution < 1.29 is 9.84 Å². The minimum absolute atomic E-state index is 0.162. The van der Waals surface area contributed by atoms with Gasteiger partial charge in [0.2, 0.25) is 0 Å². The lowest BCUT2D eigenvalue weighted by Gasteiger charge is -2.36. The number of hydrogen-bond donors (Lipinski definition) is 1. The standard InChI is InChI=1S/C30H40O2/c1-22(2)11-8-12-23(3)13-9-14-24(4)15-10-19-30(5)20-18-25-21-28(31)26-16-6-7-17-27(26)29(25)32-30/h6-7,11,13,15-17,21,31H,8-10,12,14,18-20H2,1-5H3/b23-13+,24-15+. The molecule has 1 aliphatic heterocycles. The topological polar surface area (TPSA) is 29.5 Å². The molecule has 2 aromatic rings. The molecule has 0 bridgehead atoms. The van der Waals surface area contributed by atoms with Crippen LogP contribution < -0.4 is 4.74 Å². The fraction of sp³-hybridized carbons (Fsp3) is 0.467. The van der Waals surface area contributed by atoms with Crippen molar-refractivity contribution in [2.24, 2.45) is 0 Å². The van der Waals surface area contributed by atoms with Crippen molar-refractivity contribution in [2.75, 3.05) is 0 Å². The average molecular weight is 433 g/mol. The van der Waals surface area contributed by atoms with Crippen molar-refractivity contribution in [2.45, 2.75) is 91.6 Å². The molecule has 0 saturated heterocycles. The number of phenols is 1. The smallest absolute Gasteiger partial charge is 0.131 e. The predicted octanol–water partition coefficient (Wildman–Crippen LogP) is 8.83. The zero-order chi connectivity index (χ0) is 23.1. The van der Waals surface area contributed by atoms with Crippen LogP contribution in [-0.4, -0.2) is 10.7 Å². The molecule has 0 aromatic heterocycles. The molecule has 3 rings (SSSR count). The number of ether oxygens (including phenoxy) is 1. The fourth-order valence-corrected chi connectivity index (χ4v) is 4.53. The highest BCUT2D eigenvalue weighted by Crippen LogP contribution is 2.43. The van der Waals surface area contributed by atoms with E-state index in [-0.39, 0.29) is 5.60 Å². The van der Waals surface area contributed by atoms with Crippen molar-refractivity contribution in [1.82, 2.24) is 0 Å². The second-order valence-electron chi connectivity index (χ2n) is 9.98. The molecule has 0 amide bonds. The van der Waals surface area contributed by atoms with Crippen LogP contribution >= 0.6 is 0 Å². The molecule has 0 spiro atoms. The first-order chi connectivity index (χ1) is 15.3. The van der Waals surface area contributed by atoms with Crippen LogP contribution in [0.3, 0.4) is 0 Å². The largest absolute Gasteiger partial charge is 0.507 e. The molecular formula is C30H40O2. The Morgan fingerprint density at radius 1 is 0.938 bits per heavy atom. The van der Waals surface area contributed by atoms with Gasteiger partial charge in [-0.3, -0.25) is 0 Å². The van der Waals surface area contributed by atoms with Gasteiger partial charge < -0.3 is 9.84 Å². The third-order valence-electron chi connectivity index (χ3n) is 6.61. The maximum Gasteiger partial charge on any atom is 0.131 e. The summed E-state index contributed by atoms with van der Waals surface area (Å²) in [5.74, 6) is 1.31. The van der Waals surface area contributed by atoms with E-state index in [1.807, 2.05) is 24.3 Å². The molecule has 2 nitrogen and oxygen atoms in total. The minimum Gasteiger partial charge on any atom is -0.507 e. The van der Waals surface area contributed by atoms with Gasteiger partial charge in [0, 0.05) is 10.8 Å². The molecule has 0 fully saturated rings. The summed E-state index contributed by atoms with van der Waals surface area (Å²) in [7, 11) is 0. The van der Waals surface area contributed by atoms with Gasteiger partial charge in [-0.1, -0.05) is 59.2 Å². The maximum atomic E-state index is 10.4. The van der Waals surface area contributed by atoms with Crippen LogP contribution in [0.4, 0.5) is 0 Å². The highest BCUT2D eigenvalue weighted by atomic mass is 16.5. The van der Waals surface area contributed by atoms with Gasteiger partial charge in [0.25, 0.3) is 0 Å². The number of benzene rings is 2. The van der Waals surface area contributed by atoms with Crippen LogP contribution in [0.15, 0.2) is 65.3 Å². The lowest BCUT2D eigenvalue weighted by molar-refractivity contribution is 0.0590. The molecule has 1 unspecified atom stereocenters. The van der Waals surface area contributed by atoms with E-state index >= 15 is 0 Å². The molecule has 0 aliphatic carbocycles. The first-order valence-corrected chi connectivity index (χ1v) is 12.1. The Morgan fingerprint density at radius 3 is 2.25 bits per heavy atom. The molecule has 1 heterocycles. The summed E-state index contributed by atoms with van der Waals surface area (Å²) < 4.78 is 6.58. The Kier molecular flexibility index (Phi) is 8.23. The number of rotatable bonds is 9. The Morgan fingerprint density at radius 2 is 1.56 bits per heavy atom. The van der Waals surface area contributed by atoms with Crippen LogP contribution in [0.1, 0.15) is 85.1 Å². The molecule has 0 radical (unpaired) electrons. The zero-order valence-corrected chi connectivity index (χ0v) is 20.6. The molecule has 0 saturated carbocycles. The number of allylic oxidation sites excluding steroid dienone is 6. The summed E-state index contributed by atoms with van der Waals surface area (Å²) >= 11 is 0. The van der Waals surface area contributed by atoms with E-state index in [1.54, 1.807) is 0 Å². The van der Waals surface area contributed by atoms with Crippen LogP contribution in [0.2, 0.25) is 0 Å². The Hall–Kier alpha value is -2.48. The quantitative estimate of drug-likeness (QED) is 0.401. The molecule has 2 heteroatoms. The van der Waals surface area contributed by atoms with Gasteiger partial charge in [-0.15, -0.1) is 0 Å². The van der Waals surface area contributed by atoms with E-state index in [0.29, 0.717) is 5.75 Å². The maximum absolute atomic E-state index is 10.4. The third-order valence-corrected chi connectivity index (χ3v) is 6.61. The van der Waals surface area contributed by atoms with Crippen LogP contribution in [0, 0.1) is 0 Å². The number of aromatic hydroxyl groups is 1. The Balaban J connectivity index is 1.53. The molecular weight excluding hydrogens is 392 g/mol. The van der Waals surface area contributed by atoms with E-state index in [0.717, 1.165) is 73.5 Å². The monoisotopic (exact) mass is 432 g/mol. The van der Waals surface area contributed by atoms with Gasteiger partial charge in [0.05, 0.1) is 0 Å². The van der Waals surface area contributed by atoms with Gasteiger partial charge >= 0.3 is 0 Å². The van der Waals surface area contributed by atoms with Crippen LogP contribution in [0.5, 0.6) is 11.5 Å². The molecule has 2 aromatic carbocycles. The molecule has 172 valence electrons. The molecule has 1 atom stereocenters. The Bertz CT molecular complexity index is 1020. The average Bonchev–Trinajstić information content (AvgIpc) is 2.74. The van der Waals surface area contributed by atoms with Gasteiger partial charge in [-0.25, -0.2) is 0 Å². The van der Waals surface area contributed by atoms with E-state index in [1.165, 1.54) is 16.7 Å². The molecule has 1 N–H and O–H groups in total. The first kappa shape index (κ1) is 24.2. The zero-order valence-electron chi connectivity index (χ0n) is 20.6. The second-order valence-corrected chi connectivity index (χ2v) is 9.98. The summed E-state index contributed by atoms with van der Waals surface area (Å²) in [6, 6.07) is 9.88. The fourth-order valence-electron chi connectivity index (χ4n) is 4.53. The van der Waals surface area contributed by atoms with E-state index in [4.69, 9.17) is 4.74 Å². The lowest BCUT2D eigenvalue weighted by atomic mass is 9.87. The summed E-state index contributed by atoms with van der Waals surface area (Å²) in [5, 5.41) is 12.3. The van der Waals surface area contributed by atoms with E-state index < -0.39 is 0 Å². The Labute approximate surface area is 194 Å². The first-order valence-electron chi connectivity index (χ1n) is 12.1. The van der Waals surface area contributed by atoms with Crippen molar-refractivity contribution >= 4 is 10.8 Å². The van der Waals surface area contributed by atoms with Crippen molar-refractivity contribution in [3.63, 3.8) is 0 Å². The lowest BCUT2D eigenvalue weighted by Crippen LogP contribution is -2.36. The molecule has 32 heavy (non-hydrogen) atoms. The summed E-state index contributed by atoms with van der Waals surface area (Å²) in [4.78, 5) is 0. The number of fused-ring (bicyclic) bond motifs is 3. The van der Waals surface area contributed by atoms with Crippen molar-refractivity contribution in [1.29, 1.82) is 0 Å². The highest BCUT2D eigenvalue weighted by Gasteiger charge is 2.32. The third kappa shape index (κ3) is 6.51. The van der Waals surface area contributed by atoms with Crippen molar-refractivity contribution in [3.8, 4) is 11.5 Å². The van der Waals surface area contributed by atoms with Gasteiger partial charge in [-0.2, -0.15) is 0 Å². The molecule has 1 aliphatic rings. The van der Waals surface area contributed by atoms with Gasteiger partial charge in [-0.05, 0) is 97.6 Å². The summed E-state index contributed by atoms with van der Waals surface area (Å²) in [6.07, 6.45) is 15.7. The minimum atomic E-state index is -0.162. The number of phenolic OH excluding ortho intramolecular Hbond substituents is 1. The van der Waals surface area contributed by atoms with E-state index in [2.05, 4.69) is 58.9 Å². The summed E-state index contributed by atoms with van der Waals surface area (Å²) in [6.45, 7) is 11.1. The number of hydrogen-bond acceptors (Lipinski definition) is 2. The number of aryl methyl sites for hydroxylation is 1.